The van der Waals surface area contributed by atoms with Gasteiger partial charge in [-0.2, -0.15) is 0 Å². The van der Waals surface area contributed by atoms with Crippen LogP contribution in [-0.2, 0) is 14.6 Å². The first-order valence-corrected chi connectivity index (χ1v) is 7.15. The van der Waals surface area contributed by atoms with Gasteiger partial charge in [0.25, 0.3) is 0 Å². The predicted octanol–water partition coefficient (Wildman–Crippen LogP) is 1.73. The monoisotopic (exact) mass is 290 g/mol. The Bertz CT molecular complexity index is 581. The number of ether oxygens (including phenoxy) is 2. The number of rotatable bonds is 4. The van der Waals surface area contributed by atoms with Gasteiger partial charge in [0.05, 0.1) is 10.1 Å². The molecule has 1 heterocycles. The van der Waals surface area contributed by atoms with Crippen LogP contribution in [0.2, 0.25) is 0 Å². The number of carbonyl (C=O) groups excluding carboxylic acids is 1. The second kappa shape index (κ2) is 4.78. The summed E-state index contributed by atoms with van der Waals surface area (Å²) in [7, 11) is -3.60. The van der Waals surface area contributed by atoms with Crippen LogP contribution in [0.3, 0.4) is 0 Å². The number of fused-ring (bicyclic) bond motifs is 1. The van der Waals surface area contributed by atoms with E-state index in [2.05, 4.69) is 0 Å². The van der Waals surface area contributed by atoms with E-state index in [1.54, 1.807) is 0 Å². The van der Waals surface area contributed by atoms with Gasteiger partial charge in [-0.05, 0) is 30.7 Å². The average Bonchev–Trinajstić information content (AvgIpc) is 2.74. The first-order valence-electron chi connectivity index (χ1n) is 5.23. The Labute approximate surface area is 110 Å². The van der Waals surface area contributed by atoms with E-state index >= 15 is 0 Å². The molecule has 0 aliphatic carbocycles. The van der Waals surface area contributed by atoms with Crippen molar-refractivity contribution in [3.05, 3.63) is 18.2 Å². The van der Waals surface area contributed by atoms with Crippen molar-refractivity contribution in [2.75, 3.05) is 6.79 Å². The highest BCUT2D eigenvalue weighted by molar-refractivity contribution is 7.92. The zero-order valence-electron chi connectivity index (χ0n) is 9.55. The molecule has 0 radical (unpaired) electrons. The van der Waals surface area contributed by atoms with Crippen LogP contribution in [0.4, 0.5) is 0 Å². The third kappa shape index (κ3) is 2.44. The van der Waals surface area contributed by atoms with Crippen molar-refractivity contribution in [3.8, 4) is 11.5 Å². The van der Waals surface area contributed by atoms with E-state index in [4.69, 9.17) is 21.1 Å². The summed E-state index contributed by atoms with van der Waals surface area (Å²) < 4.78 is 34.5. The summed E-state index contributed by atoms with van der Waals surface area (Å²) in [6.07, 6.45) is -0.224. The molecule has 0 amide bonds. The molecule has 1 aromatic rings. The third-order valence-corrected chi connectivity index (χ3v) is 4.94. The average molecular weight is 291 g/mol. The van der Waals surface area contributed by atoms with Crippen LogP contribution in [-0.4, -0.2) is 25.7 Å². The molecule has 7 heteroatoms. The standard InChI is InChI=1S/C11H11ClO5S/c1-7(4-11(12)13)18(14,15)8-2-3-9-10(5-8)17-6-16-9/h2-3,5,7H,4,6H2,1H3. The number of hydrogen-bond acceptors (Lipinski definition) is 5. The Morgan fingerprint density at radius 1 is 1.39 bits per heavy atom. The van der Waals surface area contributed by atoms with Crippen LogP contribution in [0.25, 0.3) is 0 Å². The van der Waals surface area contributed by atoms with Crippen molar-refractivity contribution in [3.63, 3.8) is 0 Å². The molecule has 0 spiro atoms. The normalized spacial score (nSPS) is 15.4. The van der Waals surface area contributed by atoms with E-state index in [1.807, 2.05) is 0 Å². The van der Waals surface area contributed by atoms with E-state index < -0.39 is 20.3 Å². The molecule has 98 valence electrons. The van der Waals surface area contributed by atoms with Crippen LogP contribution in [0.5, 0.6) is 11.5 Å². The van der Waals surface area contributed by atoms with E-state index in [9.17, 15) is 13.2 Å². The minimum Gasteiger partial charge on any atom is -0.454 e. The number of benzene rings is 1. The lowest BCUT2D eigenvalue weighted by Crippen LogP contribution is -2.20. The van der Waals surface area contributed by atoms with Crippen molar-refractivity contribution in [2.45, 2.75) is 23.5 Å². The minimum absolute atomic E-state index is 0.0779. The van der Waals surface area contributed by atoms with Gasteiger partial charge in [0.2, 0.25) is 12.0 Å². The van der Waals surface area contributed by atoms with Crippen LogP contribution < -0.4 is 9.47 Å². The van der Waals surface area contributed by atoms with Crippen molar-refractivity contribution < 1.29 is 22.7 Å². The maximum Gasteiger partial charge on any atom is 0.231 e. The van der Waals surface area contributed by atoms with Gasteiger partial charge in [-0.1, -0.05) is 0 Å². The van der Waals surface area contributed by atoms with E-state index in [-0.39, 0.29) is 18.1 Å². The summed E-state index contributed by atoms with van der Waals surface area (Å²) >= 11 is 5.21. The zero-order valence-corrected chi connectivity index (χ0v) is 11.1. The van der Waals surface area contributed by atoms with Gasteiger partial charge in [-0.15, -0.1) is 0 Å². The fraction of sp³-hybridized carbons (Fsp3) is 0.364. The van der Waals surface area contributed by atoms with Crippen LogP contribution in [0, 0.1) is 0 Å². The molecule has 0 saturated heterocycles. The third-order valence-electron chi connectivity index (χ3n) is 2.65. The number of sulfone groups is 1. The fourth-order valence-electron chi connectivity index (χ4n) is 1.62. The van der Waals surface area contributed by atoms with Gasteiger partial charge < -0.3 is 9.47 Å². The summed E-state index contributed by atoms with van der Waals surface area (Å²) in [5.74, 6) is 0.899. The largest absolute Gasteiger partial charge is 0.454 e. The molecule has 0 N–H and O–H groups in total. The van der Waals surface area contributed by atoms with Gasteiger partial charge in [-0.3, -0.25) is 4.79 Å². The molecular formula is C11H11ClO5S. The maximum absolute atomic E-state index is 12.2. The molecule has 1 unspecified atom stereocenters. The zero-order chi connectivity index (χ0) is 13.3. The molecule has 5 nitrogen and oxygen atoms in total. The quantitative estimate of drug-likeness (QED) is 0.790. The number of hydrogen-bond donors (Lipinski definition) is 0. The second-order valence-electron chi connectivity index (χ2n) is 3.93. The Hall–Kier alpha value is -1.27. The highest BCUT2D eigenvalue weighted by Crippen LogP contribution is 2.35. The highest BCUT2D eigenvalue weighted by Gasteiger charge is 2.27. The Balaban J connectivity index is 2.33. The molecule has 1 atom stereocenters. The Morgan fingerprint density at radius 2 is 2.06 bits per heavy atom. The topological polar surface area (TPSA) is 69.7 Å². The summed E-state index contributed by atoms with van der Waals surface area (Å²) in [5.41, 5.74) is 0. The van der Waals surface area contributed by atoms with E-state index in [1.165, 1.54) is 25.1 Å². The minimum atomic E-state index is -3.60. The van der Waals surface area contributed by atoms with E-state index in [0.717, 1.165) is 0 Å². The first kappa shape index (κ1) is 13.2. The number of carbonyl (C=O) groups is 1. The lowest BCUT2D eigenvalue weighted by molar-refractivity contribution is -0.111. The van der Waals surface area contributed by atoms with E-state index in [0.29, 0.717) is 11.5 Å². The van der Waals surface area contributed by atoms with Crippen molar-refractivity contribution >= 4 is 26.7 Å². The van der Waals surface area contributed by atoms with Gasteiger partial charge in [0.1, 0.15) is 0 Å². The summed E-state index contributed by atoms with van der Waals surface area (Å²) in [5, 5.41) is -1.55. The lowest BCUT2D eigenvalue weighted by Gasteiger charge is -2.11. The van der Waals surface area contributed by atoms with Crippen LogP contribution >= 0.6 is 11.6 Å². The smallest absolute Gasteiger partial charge is 0.231 e. The Kier molecular flexibility index (Phi) is 3.49. The molecule has 1 aliphatic heterocycles. The van der Waals surface area contributed by atoms with Crippen LogP contribution in [0.1, 0.15) is 13.3 Å². The highest BCUT2D eigenvalue weighted by atomic mass is 35.5. The van der Waals surface area contributed by atoms with Crippen LogP contribution in [0.15, 0.2) is 23.1 Å². The summed E-state index contributed by atoms with van der Waals surface area (Å²) in [4.78, 5) is 10.9. The van der Waals surface area contributed by atoms with Gasteiger partial charge in [-0.25, -0.2) is 8.42 Å². The van der Waals surface area contributed by atoms with Crippen molar-refractivity contribution in [1.82, 2.24) is 0 Å². The van der Waals surface area contributed by atoms with Gasteiger partial charge in [0.15, 0.2) is 21.3 Å². The lowest BCUT2D eigenvalue weighted by atomic mass is 10.3. The molecule has 0 bridgehead atoms. The molecule has 2 rings (SSSR count). The predicted molar refractivity (Wildman–Crippen MR) is 64.7 cm³/mol. The molecule has 18 heavy (non-hydrogen) atoms. The summed E-state index contributed by atoms with van der Waals surface area (Å²) in [6, 6.07) is 4.36. The molecule has 0 saturated carbocycles. The second-order valence-corrected chi connectivity index (χ2v) is 6.72. The fourth-order valence-corrected chi connectivity index (χ4v) is 3.31. The molecule has 1 aromatic carbocycles. The van der Waals surface area contributed by atoms with Crippen molar-refractivity contribution in [2.24, 2.45) is 0 Å². The maximum atomic E-state index is 12.2. The molecule has 0 aromatic heterocycles. The number of halogens is 1. The molecule has 1 aliphatic rings. The van der Waals surface area contributed by atoms with Crippen molar-refractivity contribution in [1.29, 1.82) is 0 Å². The molecule has 0 fully saturated rings. The SMILES string of the molecule is CC(CC(=O)Cl)S(=O)(=O)c1ccc2c(c1)OCO2. The Morgan fingerprint density at radius 3 is 2.72 bits per heavy atom. The summed E-state index contributed by atoms with van der Waals surface area (Å²) in [6.45, 7) is 1.52. The molecular weight excluding hydrogens is 280 g/mol. The first-order chi connectivity index (χ1) is 8.41. The van der Waals surface area contributed by atoms with Gasteiger partial charge in [0, 0.05) is 12.5 Å². The van der Waals surface area contributed by atoms with Gasteiger partial charge >= 0.3 is 0 Å².